The molecule has 1 amide bonds. The van der Waals surface area contributed by atoms with E-state index in [9.17, 15) is 36.4 Å². The van der Waals surface area contributed by atoms with Gasteiger partial charge in [0.2, 0.25) is 5.91 Å². The molecule has 0 unspecified atom stereocenters. The lowest BCUT2D eigenvalue weighted by Crippen LogP contribution is -2.57. The number of alkyl halides is 6. The van der Waals surface area contributed by atoms with Crippen molar-refractivity contribution in [3.63, 3.8) is 0 Å². The summed E-state index contributed by atoms with van der Waals surface area (Å²) in [6.07, 6.45) is -8.53. The quantitative estimate of drug-likeness (QED) is 0.423. The summed E-state index contributed by atoms with van der Waals surface area (Å²) in [4.78, 5) is 14.1. The van der Waals surface area contributed by atoms with Crippen molar-refractivity contribution in [2.45, 2.75) is 68.6 Å². The molecule has 2 aliphatic heterocycles. The maximum atomic E-state index is 13.4. The third-order valence-electron chi connectivity index (χ3n) is 7.70. The zero-order valence-corrected chi connectivity index (χ0v) is 21.3. The number of hydrogen-bond donors (Lipinski definition) is 1. The average molecular weight is 554 g/mol. The van der Waals surface area contributed by atoms with Crippen LogP contribution >= 0.6 is 0 Å². The van der Waals surface area contributed by atoms with Gasteiger partial charge < -0.3 is 15.0 Å². The smallest absolute Gasteiger partial charge is 0.372 e. The molecule has 2 aromatic rings. The number of halogens is 6. The van der Waals surface area contributed by atoms with Gasteiger partial charge in [0, 0.05) is 19.5 Å². The minimum atomic E-state index is -4.96. The molecular formula is C28H29F6N3O2. The van der Waals surface area contributed by atoms with Gasteiger partial charge in [0.1, 0.15) is 5.54 Å². The van der Waals surface area contributed by atoms with Gasteiger partial charge in [0.25, 0.3) is 0 Å². The first kappa shape index (κ1) is 28.9. The highest BCUT2D eigenvalue weighted by atomic mass is 19.4. The number of carbonyl (C=O) groups is 1. The first-order chi connectivity index (χ1) is 18.3. The number of ether oxygens (including phenoxy) is 1. The average Bonchev–Trinajstić information content (AvgIpc) is 3.24. The third-order valence-corrected chi connectivity index (χ3v) is 7.70. The molecule has 3 atom stereocenters. The Labute approximate surface area is 222 Å². The second-order valence-electron chi connectivity index (χ2n) is 10.2. The van der Waals surface area contributed by atoms with Crippen LogP contribution in [-0.2, 0) is 27.4 Å². The monoisotopic (exact) mass is 553 g/mol. The molecule has 2 fully saturated rings. The highest BCUT2D eigenvalue weighted by Crippen LogP contribution is 2.40. The summed E-state index contributed by atoms with van der Waals surface area (Å²) in [6, 6.07) is 12.9. The molecule has 4 rings (SSSR count). The van der Waals surface area contributed by atoms with Gasteiger partial charge in [-0.05, 0) is 61.9 Å². The fourth-order valence-corrected chi connectivity index (χ4v) is 5.45. The van der Waals surface area contributed by atoms with E-state index in [0.717, 1.165) is 5.56 Å². The van der Waals surface area contributed by atoms with Crippen molar-refractivity contribution in [3.8, 4) is 6.07 Å². The number of carbonyl (C=O) groups excluding carboxylic acids is 1. The Morgan fingerprint density at radius 3 is 2.21 bits per heavy atom. The van der Waals surface area contributed by atoms with E-state index in [1.807, 2.05) is 30.3 Å². The third kappa shape index (κ3) is 6.07. The molecule has 2 heterocycles. The van der Waals surface area contributed by atoms with Crippen LogP contribution in [0.2, 0.25) is 0 Å². The number of hydrogen-bond acceptors (Lipinski definition) is 4. The number of benzene rings is 2. The number of nitrogens with zero attached hydrogens (tertiary/aromatic N) is 2. The van der Waals surface area contributed by atoms with Crippen molar-refractivity contribution in [3.05, 3.63) is 70.8 Å². The Morgan fingerprint density at radius 2 is 1.67 bits per heavy atom. The van der Waals surface area contributed by atoms with E-state index in [0.29, 0.717) is 50.8 Å². The predicted octanol–water partition coefficient (Wildman–Crippen LogP) is 6.36. The van der Waals surface area contributed by atoms with Crippen LogP contribution in [0.15, 0.2) is 48.5 Å². The molecule has 0 aromatic heterocycles. The number of likely N-dealkylation sites (tertiary alicyclic amines) is 1. The van der Waals surface area contributed by atoms with Gasteiger partial charge in [0.15, 0.2) is 0 Å². The fraction of sp³-hybridized carbons (Fsp3) is 0.500. The van der Waals surface area contributed by atoms with Crippen molar-refractivity contribution < 1.29 is 35.9 Å². The zero-order chi connectivity index (χ0) is 28.5. The lowest BCUT2D eigenvalue weighted by molar-refractivity contribution is -0.143. The van der Waals surface area contributed by atoms with Crippen LogP contribution in [-0.4, -0.2) is 36.0 Å². The van der Waals surface area contributed by atoms with Gasteiger partial charge in [0.05, 0.1) is 35.4 Å². The van der Waals surface area contributed by atoms with Crippen LogP contribution in [0.3, 0.4) is 0 Å². The van der Waals surface area contributed by atoms with Crippen LogP contribution in [0.4, 0.5) is 26.3 Å². The van der Waals surface area contributed by atoms with Crippen molar-refractivity contribution in [2.24, 2.45) is 0 Å². The minimum absolute atomic E-state index is 0.0781. The van der Waals surface area contributed by atoms with Crippen molar-refractivity contribution in [1.82, 2.24) is 10.2 Å². The molecule has 0 radical (unpaired) electrons. The zero-order valence-electron chi connectivity index (χ0n) is 21.3. The molecule has 0 aliphatic carbocycles. The highest BCUT2D eigenvalue weighted by molar-refractivity contribution is 5.79. The van der Waals surface area contributed by atoms with E-state index in [2.05, 4.69) is 11.4 Å². The van der Waals surface area contributed by atoms with Gasteiger partial charge in [-0.1, -0.05) is 30.3 Å². The second kappa shape index (κ2) is 10.8. The van der Waals surface area contributed by atoms with Crippen molar-refractivity contribution >= 4 is 5.91 Å². The Morgan fingerprint density at radius 1 is 1.03 bits per heavy atom. The molecule has 39 heavy (non-hydrogen) atoms. The normalized spacial score (nSPS) is 25.3. The van der Waals surface area contributed by atoms with Crippen LogP contribution in [0.1, 0.15) is 67.4 Å². The molecule has 11 heteroatoms. The molecule has 2 aliphatic rings. The van der Waals surface area contributed by atoms with Gasteiger partial charge in [-0.25, -0.2) is 0 Å². The number of nitriles is 1. The van der Waals surface area contributed by atoms with Crippen LogP contribution < -0.4 is 5.32 Å². The summed E-state index contributed by atoms with van der Waals surface area (Å²) in [5.74, 6) is -0.0829. The van der Waals surface area contributed by atoms with E-state index in [1.165, 1.54) is 6.92 Å². The minimum Gasteiger partial charge on any atom is -0.372 e. The SMILES string of the molecule is C[C@@H](OC[C@@]1(c2ccccc2)CCC[C@](C#N)(N2CCCC2=O)CN1)c1cc(C(F)(F)F)cc(C(F)(F)F)c1. The van der Waals surface area contributed by atoms with Gasteiger partial charge in [-0.3, -0.25) is 4.79 Å². The largest absolute Gasteiger partial charge is 0.416 e. The van der Waals surface area contributed by atoms with E-state index < -0.39 is 40.7 Å². The summed E-state index contributed by atoms with van der Waals surface area (Å²) in [7, 11) is 0. The fourth-order valence-electron chi connectivity index (χ4n) is 5.45. The highest BCUT2D eigenvalue weighted by Gasteiger charge is 2.47. The van der Waals surface area contributed by atoms with Crippen LogP contribution in [0.5, 0.6) is 0 Å². The summed E-state index contributed by atoms with van der Waals surface area (Å²) >= 11 is 0. The summed E-state index contributed by atoms with van der Waals surface area (Å²) in [5.41, 5.74) is -4.18. The molecule has 2 saturated heterocycles. The summed E-state index contributed by atoms with van der Waals surface area (Å²) in [5, 5.41) is 13.6. The predicted molar refractivity (Wildman–Crippen MR) is 130 cm³/mol. The lowest BCUT2D eigenvalue weighted by atomic mass is 9.86. The Balaban J connectivity index is 1.63. The second-order valence-corrected chi connectivity index (χ2v) is 10.2. The molecule has 5 nitrogen and oxygen atoms in total. The van der Waals surface area contributed by atoms with Gasteiger partial charge >= 0.3 is 12.4 Å². The molecule has 0 spiro atoms. The molecule has 210 valence electrons. The maximum absolute atomic E-state index is 13.4. The topological polar surface area (TPSA) is 65.4 Å². The van der Waals surface area contributed by atoms with E-state index in [1.54, 1.807) is 4.90 Å². The molecule has 0 saturated carbocycles. The molecule has 0 bridgehead atoms. The maximum Gasteiger partial charge on any atom is 0.416 e. The van der Waals surface area contributed by atoms with Crippen molar-refractivity contribution in [2.75, 3.05) is 19.7 Å². The summed E-state index contributed by atoms with van der Waals surface area (Å²) < 4.78 is 86.4. The number of rotatable bonds is 6. The van der Waals surface area contributed by atoms with E-state index >= 15 is 0 Å². The molecular weight excluding hydrogens is 524 g/mol. The van der Waals surface area contributed by atoms with Gasteiger partial charge in [-0.15, -0.1) is 0 Å². The first-order valence-corrected chi connectivity index (χ1v) is 12.7. The molecule has 2 aromatic carbocycles. The Bertz CT molecular complexity index is 1190. The van der Waals surface area contributed by atoms with E-state index in [-0.39, 0.29) is 30.7 Å². The standard InChI is InChI=1S/C28H29F6N3O2/c1-19(20-13-22(27(29,30)31)15-23(14-20)28(32,33)34)39-18-26(21-7-3-2-4-8-21)11-6-10-25(16-35,17-36-26)37-12-5-9-24(37)38/h2-4,7-8,13-15,19,36H,5-6,9-12,17-18H2,1H3/t19-,25-,26-/m1/s1. The van der Waals surface area contributed by atoms with Gasteiger partial charge in [-0.2, -0.15) is 31.6 Å². The van der Waals surface area contributed by atoms with Crippen molar-refractivity contribution in [1.29, 1.82) is 5.26 Å². The lowest BCUT2D eigenvalue weighted by Gasteiger charge is -2.38. The summed E-state index contributed by atoms with van der Waals surface area (Å²) in [6.45, 7) is 1.96. The first-order valence-electron chi connectivity index (χ1n) is 12.7. The number of amides is 1. The Hall–Kier alpha value is -3.10. The molecule has 1 N–H and O–H groups in total. The van der Waals surface area contributed by atoms with E-state index in [4.69, 9.17) is 4.74 Å². The van der Waals surface area contributed by atoms with Crippen LogP contribution in [0, 0.1) is 11.3 Å². The Kier molecular flexibility index (Phi) is 8.01. The van der Waals surface area contributed by atoms with Crippen LogP contribution in [0.25, 0.3) is 0 Å². The number of nitrogens with one attached hydrogen (secondary N) is 1.